The average Bonchev–Trinajstić information content (AvgIpc) is 3.46. The zero-order valence-corrected chi connectivity index (χ0v) is 24.5. The maximum absolute atomic E-state index is 14.1. The molecule has 0 radical (unpaired) electrons. The predicted molar refractivity (Wildman–Crippen MR) is 159 cm³/mol. The lowest BCUT2D eigenvalue weighted by molar-refractivity contribution is -0.140. The van der Waals surface area contributed by atoms with Crippen molar-refractivity contribution in [1.29, 1.82) is 0 Å². The second kappa shape index (κ2) is 13.3. The van der Waals surface area contributed by atoms with Crippen molar-refractivity contribution in [1.82, 2.24) is 10.2 Å². The highest BCUT2D eigenvalue weighted by atomic mass is 35.5. The van der Waals surface area contributed by atoms with Gasteiger partial charge in [0.05, 0.1) is 10.6 Å². The first-order chi connectivity index (χ1) is 19.2. The highest BCUT2D eigenvalue weighted by Gasteiger charge is 2.34. The molecule has 9 heteroatoms. The first kappa shape index (κ1) is 29.6. The first-order valence-corrected chi connectivity index (χ1v) is 15.5. The van der Waals surface area contributed by atoms with Crippen LogP contribution in [0, 0.1) is 6.92 Å². The van der Waals surface area contributed by atoms with Gasteiger partial charge in [-0.3, -0.25) is 13.9 Å². The van der Waals surface area contributed by atoms with Crippen molar-refractivity contribution in [2.45, 2.75) is 69.5 Å². The summed E-state index contributed by atoms with van der Waals surface area (Å²) in [6, 6.07) is 21.5. The van der Waals surface area contributed by atoms with E-state index in [1.165, 1.54) is 23.1 Å². The highest BCUT2D eigenvalue weighted by Crippen LogP contribution is 2.27. The molecule has 1 fully saturated rings. The zero-order chi connectivity index (χ0) is 28.7. The van der Waals surface area contributed by atoms with E-state index >= 15 is 0 Å². The molecule has 40 heavy (non-hydrogen) atoms. The smallest absolute Gasteiger partial charge is 0.264 e. The number of anilines is 1. The molecule has 1 saturated carbocycles. The van der Waals surface area contributed by atoms with Crippen molar-refractivity contribution in [2.24, 2.45) is 0 Å². The SMILES string of the molecule is CCC(C(=O)NC1CCCC1)N(Cc1ccc(C)cc1)C(=O)CN(c1cccc(Cl)c1)S(=O)(=O)c1ccccc1. The Labute approximate surface area is 242 Å². The number of halogens is 1. The minimum Gasteiger partial charge on any atom is -0.352 e. The summed E-state index contributed by atoms with van der Waals surface area (Å²) >= 11 is 6.23. The van der Waals surface area contributed by atoms with Crippen molar-refractivity contribution in [3.05, 3.63) is 95.0 Å². The number of hydrogen-bond acceptors (Lipinski definition) is 4. The van der Waals surface area contributed by atoms with Crippen LogP contribution < -0.4 is 9.62 Å². The number of carbonyl (C=O) groups excluding carboxylic acids is 2. The van der Waals surface area contributed by atoms with E-state index in [4.69, 9.17) is 11.6 Å². The van der Waals surface area contributed by atoms with E-state index in [-0.39, 0.29) is 29.1 Å². The van der Waals surface area contributed by atoms with E-state index in [1.807, 2.05) is 38.1 Å². The molecule has 7 nitrogen and oxygen atoms in total. The number of hydrogen-bond donors (Lipinski definition) is 1. The number of sulfonamides is 1. The molecule has 2 amide bonds. The second-order valence-corrected chi connectivity index (χ2v) is 12.5. The van der Waals surface area contributed by atoms with Crippen LogP contribution in [0.4, 0.5) is 5.69 Å². The average molecular weight is 582 g/mol. The van der Waals surface area contributed by atoms with Gasteiger partial charge in [0.25, 0.3) is 10.0 Å². The standard InChI is InChI=1S/C31H36ClN3O4S/c1-3-29(31(37)33-26-11-7-8-12-26)34(21-24-18-16-23(2)17-19-24)30(36)22-35(27-13-9-10-25(32)20-27)40(38,39)28-14-5-4-6-15-28/h4-6,9-10,13-20,26,29H,3,7-8,11-12,21-22H2,1-2H3,(H,33,37). The molecule has 4 rings (SSSR count). The van der Waals surface area contributed by atoms with E-state index in [0.717, 1.165) is 41.1 Å². The van der Waals surface area contributed by atoms with Crippen LogP contribution in [0.2, 0.25) is 5.02 Å². The molecule has 212 valence electrons. The fourth-order valence-electron chi connectivity index (χ4n) is 5.06. The van der Waals surface area contributed by atoms with Gasteiger partial charge >= 0.3 is 0 Å². The summed E-state index contributed by atoms with van der Waals surface area (Å²) in [6.45, 7) is 3.53. The molecule has 0 aliphatic heterocycles. The van der Waals surface area contributed by atoms with Crippen LogP contribution in [-0.4, -0.2) is 43.8 Å². The maximum Gasteiger partial charge on any atom is 0.264 e. The largest absolute Gasteiger partial charge is 0.352 e. The molecule has 1 atom stereocenters. The van der Waals surface area contributed by atoms with Crippen molar-refractivity contribution < 1.29 is 18.0 Å². The molecule has 3 aromatic rings. The Kier molecular flexibility index (Phi) is 9.87. The summed E-state index contributed by atoms with van der Waals surface area (Å²) in [5, 5.41) is 3.47. The van der Waals surface area contributed by atoms with Crippen molar-refractivity contribution in [3.8, 4) is 0 Å². The van der Waals surface area contributed by atoms with E-state index in [2.05, 4.69) is 5.32 Å². The maximum atomic E-state index is 14.1. The Balaban J connectivity index is 1.70. The van der Waals surface area contributed by atoms with Gasteiger partial charge in [0.1, 0.15) is 12.6 Å². The van der Waals surface area contributed by atoms with Gasteiger partial charge in [-0.1, -0.05) is 85.5 Å². The van der Waals surface area contributed by atoms with Crippen LogP contribution >= 0.6 is 11.6 Å². The summed E-state index contributed by atoms with van der Waals surface area (Å²) in [4.78, 5) is 29.2. The van der Waals surface area contributed by atoms with Gasteiger partial charge in [0.15, 0.2) is 0 Å². The van der Waals surface area contributed by atoms with E-state index in [9.17, 15) is 18.0 Å². The number of rotatable bonds is 11. The third-order valence-electron chi connectivity index (χ3n) is 7.27. The molecule has 0 spiro atoms. The summed E-state index contributed by atoms with van der Waals surface area (Å²) < 4.78 is 28.7. The summed E-state index contributed by atoms with van der Waals surface area (Å²) in [7, 11) is -4.12. The van der Waals surface area contributed by atoms with E-state index in [1.54, 1.807) is 36.4 Å². The summed E-state index contributed by atoms with van der Waals surface area (Å²) in [6.07, 6.45) is 4.37. The molecule has 0 saturated heterocycles. The minimum absolute atomic E-state index is 0.0545. The monoisotopic (exact) mass is 581 g/mol. The van der Waals surface area contributed by atoms with Crippen LogP contribution in [0.1, 0.15) is 50.2 Å². The summed E-state index contributed by atoms with van der Waals surface area (Å²) in [5.41, 5.74) is 2.20. The molecule has 1 N–H and O–H groups in total. The molecule has 0 heterocycles. The predicted octanol–water partition coefficient (Wildman–Crippen LogP) is 5.71. The molecule has 1 unspecified atom stereocenters. The van der Waals surface area contributed by atoms with Gasteiger partial charge in [0, 0.05) is 17.6 Å². The zero-order valence-electron chi connectivity index (χ0n) is 22.9. The van der Waals surface area contributed by atoms with Gasteiger partial charge in [-0.25, -0.2) is 8.42 Å². The number of aryl methyl sites for hydroxylation is 1. The topological polar surface area (TPSA) is 86.8 Å². The number of nitrogens with zero attached hydrogens (tertiary/aromatic N) is 2. The Bertz CT molecular complexity index is 1410. The fraction of sp³-hybridized carbons (Fsp3) is 0.355. The van der Waals surface area contributed by atoms with Crippen LogP contribution in [0.25, 0.3) is 0 Å². The number of benzene rings is 3. The number of carbonyl (C=O) groups is 2. The second-order valence-electron chi connectivity index (χ2n) is 10.2. The van der Waals surface area contributed by atoms with Crippen LogP contribution in [-0.2, 0) is 26.2 Å². The minimum atomic E-state index is -4.12. The third-order valence-corrected chi connectivity index (χ3v) is 9.29. The van der Waals surface area contributed by atoms with Crippen LogP contribution in [0.5, 0.6) is 0 Å². The Morgan fingerprint density at radius 3 is 2.27 bits per heavy atom. The molecular formula is C31H36ClN3O4S. The first-order valence-electron chi connectivity index (χ1n) is 13.7. The molecule has 0 bridgehead atoms. The fourth-order valence-corrected chi connectivity index (χ4v) is 6.67. The van der Waals surface area contributed by atoms with E-state index < -0.39 is 28.5 Å². The Hall–Kier alpha value is -3.36. The quantitative estimate of drug-likeness (QED) is 0.314. The normalized spacial score (nSPS) is 14.5. The van der Waals surface area contributed by atoms with Gasteiger partial charge < -0.3 is 10.2 Å². The number of amides is 2. The van der Waals surface area contributed by atoms with E-state index in [0.29, 0.717) is 11.4 Å². The van der Waals surface area contributed by atoms with Gasteiger partial charge in [-0.15, -0.1) is 0 Å². The lowest BCUT2D eigenvalue weighted by atomic mass is 10.1. The summed E-state index contributed by atoms with van der Waals surface area (Å²) in [5.74, 6) is -0.691. The molecule has 3 aromatic carbocycles. The van der Waals surface area contributed by atoms with Crippen molar-refractivity contribution in [2.75, 3.05) is 10.8 Å². The molecular weight excluding hydrogens is 546 g/mol. The molecule has 1 aliphatic rings. The van der Waals surface area contributed by atoms with Gasteiger partial charge in [0.2, 0.25) is 11.8 Å². The molecule has 1 aliphatic carbocycles. The third kappa shape index (κ3) is 7.23. The molecule has 0 aromatic heterocycles. The lowest BCUT2D eigenvalue weighted by Crippen LogP contribution is -2.53. The Morgan fingerprint density at radius 1 is 0.975 bits per heavy atom. The van der Waals surface area contributed by atoms with Crippen LogP contribution in [0.15, 0.2) is 83.8 Å². The Morgan fingerprint density at radius 2 is 1.65 bits per heavy atom. The van der Waals surface area contributed by atoms with Gasteiger partial charge in [-0.2, -0.15) is 0 Å². The highest BCUT2D eigenvalue weighted by molar-refractivity contribution is 7.92. The van der Waals surface area contributed by atoms with Crippen molar-refractivity contribution >= 4 is 39.1 Å². The van der Waals surface area contributed by atoms with Crippen LogP contribution in [0.3, 0.4) is 0 Å². The lowest BCUT2D eigenvalue weighted by Gasteiger charge is -2.33. The number of nitrogens with one attached hydrogen (secondary N) is 1. The van der Waals surface area contributed by atoms with Crippen molar-refractivity contribution in [3.63, 3.8) is 0 Å². The van der Waals surface area contributed by atoms with Gasteiger partial charge in [-0.05, 0) is 62.1 Å².